The molecular formula is C24H46O7S. The second-order valence-corrected chi connectivity index (χ2v) is 10.4. The van der Waals surface area contributed by atoms with Crippen LogP contribution in [0.3, 0.4) is 0 Å². The maximum Gasteiger partial charge on any atom is 0.327 e. The van der Waals surface area contributed by atoms with Gasteiger partial charge in [-0.1, -0.05) is 79.1 Å². The monoisotopic (exact) mass is 478 g/mol. The van der Waals surface area contributed by atoms with Crippen LogP contribution in [0.4, 0.5) is 0 Å². The zero-order valence-corrected chi connectivity index (χ0v) is 21.5. The predicted molar refractivity (Wildman–Crippen MR) is 127 cm³/mol. The van der Waals surface area contributed by atoms with Crippen LogP contribution in [-0.2, 0) is 29.2 Å². The summed E-state index contributed by atoms with van der Waals surface area (Å²) >= 11 is 0. The molecule has 0 bridgehead atoms. The van der Waals surface area contributed by atoms with Crippen molar-refractivity contribution >= 4 is 22.1 Å². The molecule has 3 atom stereocenters. The third-order valence-electron chi connectivity index (χ3n) is 5.74. The van der Waals surface area contributed by atoms with Gasteiger partial charge in [-0.3, -0.25) is 14.1 Å². The summed E-state index contributed by atoms with van der Waals surface area (Å²) in [4.78, 5) is 24.7. The van der Waals surface area contributed by atoms with Crippen LogP contribution in [0.5, 0.6) is 0 Å². The van der Waals surface area contributed by atoms with Gasteiger partial charge in [-0.25, -0.2) is 0 Å². The Balaban J connectivity index is 4.82. The predicted octanol–water partition coefficient (Wildman–Crippen LogP) is 5.71. The minimum absolute atomic E-state index is 0.0907. The van der Waals surface area contributed by atoms with Crippen LogP contribution in [0.1, 0.15) is 111 Å². The molecule has 32 heavy (non-hydrogen) atoms. The van der Waals surface area contributed by atoms with Gasteiger partial charge in [0.25, 0.3) is 10.1 Å². The van der Waals surface area contributed by atoms with E-state index in [1.807, 2.05) is 6.92 Å². The second-order valence-electron chi connectivity index (χ2n) is 8.82. The first-order valence-electron chi connectivity index (χ1n) is 12.5. The van der Waals surface area contributed by atoms with Crippen LogP contribution in [0.15, 0.2) is 0 Å². The highest BCUT2D eigenvalue weighted by molar-refractivity contribution is 7.87. The lowest BCUT2D eigenvalue weighted by molar-refractivity contribution is -0.151. The molecule has 0 aliphatic carbocycles. The Morgan fingerprint density at radius 1 is 0.719 bits per heavy atom. The molecule has 190 valence electrons. The van der Waals surface area contributed by atoms with E-state index in [2.05, 4.69) is 20.8 Å². The Labute approximate surface area is 195 Å². The van der Waals surface area contributed by atoms with Crippen molar-refractivity contribution in [2.75, 3.05) is 13.2 Å². The molecule has 0 aromatic heterocycles. The van der Waals surface area contributed by atoms with Gasteiger partial charge in [-0.2, -0.15) is 8.42 Å². The Morgan fingerprint density at radius 3 is 1.59 bits per heavy atom. The van der Waals surface area contributed by atoms with E-state index in [9.17, 15) is 22.6 Å². The summed E-state index contributed by atoms with van der Waals surface area (Å²) in [6.45, 7) is 8.62. The van der Waals surface area contributed by atoms with Crippen molar-refractivity contribution in [1.29, 1.82) is 0 Å². The summed E-state index contributed by atoms with van der Waals surface area (Å²) in [5, 5.41) is -1.95. The highest BCUT2D eigenvalue weighted by Gasteiger charge is 2.36. The zero-order chi connectivity index (χ0) is 24.4. The molecule has 0 heterocycles. The van der Waals surface area contributed by atoms with E-state index in [4.69, 9.17) is 9.47 Å². The van der Waals surface area contributed by atoms with E-state index in [0.29, 0.717) is 0 Å². The van der Waals surface area contributed by atoms with E-state index >= 15 is 0 Å². The highest BCUT2D eigenvalue weighted by Crippen LogP contribution is 2.19. The van der Waals surface area contributed by atoms with Crippen molar-refractivity contribution in [3.8, 4) is 0 Å². The van der Waals surface area contributed by atoms with E-state index in [0.717, 1.165) is 77.0 Å². The maximum atomic E-state index is 12.4. The molecule has 0 aliphatic rings. The van der Waals surface area contributed by atoms with Gasteiger partial charge < -0.3 is 9.47 Å². The number of hydrogen-bond donors (Lipinski definition) is 1. The topological polar surface area (TPSA) is 107 Å². The minimum Gasteiger partial charge on any atom is -0.465 e. The number of unbranched alkanes of at least 4 members (excludes halogenated alkanes) is 4. The molecule has 1 N–H and O–H groups in total. The van der Waals surface area contributed by atoms with Gasteiger partial charge in [0, 0.05) is 0 Å². The quantitative estimate of drug-likeness (QED) is 0.136. The summed E-state index contributed by atoms with van der Waals surface area (Å²) < 4.78 is 43.5. The van der Waals surface area contributed by atoms with E-state index in [1.165, 1.54) is 0 Å². The number of carbonyl (C=O) groups is 2. The summed E-state index contributed by atoms with van der Waals surface area (Å²) in [5.74, 6) is -1.55. The van der Waals surface area contributed by atoms with Crippen LogP contribution in [0, 0.1) is 11.8 Å². The second kappa shape index (κ2) is 18.3. The van der Waals surface area contributed by atoms with Gasteiger partial charge in [0.1, 0.15) is 0 Å². The van der Waals surface area contributed by atoms with E-state index < -0.39 is 33.7 Å². The fourth-order valence-corrected chi connectivity index (χ4v) is 4.49. The molecular weight excluding hydrogens is 432 g/mol. The lowest BCUT2D eigenvalue weighted by atomic mass is 9.97. The maximum absolute atomic E-state index is 12.4. The molecule has 0 amide bonds. The van der Waals surface area contributed by atoms with Gasteiger partial charge >= 0.3 is 11.9 Å². The zero-order valence-electron chi connectivity index (χ0n) is 20.6. The van der Waals surface area contributed by atoms with Gasteiger partial charge in [0.15, 0.2) is 5.25 Å². The number of ether oxygens (including phenoxy) is 2. The third kappa shape index (κ3) is 14.8. The fraction of sp³-hybridized carbons (Fsp3) is 0.917. The lowest BCUT2D eigenvalue weighted by Gasteiger charge is -2.19. The number of rotatable bonds is 20. The summed E-state index contributed by atoms with van der Waals surface area (Å²) in [6.07, 6.45) is 11.2. The SMILES string of the molecule is CCCCCC(CCC)COC(=O)CC(C(=O)OCC(CCC)CCCCC)S(=O)(=O)O. The van der Waals surface area contributed by atoms with Crippen LogP contribution in [0.2, 0.25) is 0 Å². The molecule has 0 aromatic carbocycles. The molecule has 0 spiro atoms. The van der Waals surface area contributed by atoms with Crippen LogP contribution >= 0.6 is 0 Å². The molecule has 0 aliphatic heterocycles. The number of hydrogen-bond acceptors (Lipinski definition) is 6. The first-order chi connectivity index (χ1) is 15.2. The molecule has 8 heteroatoms. The first kappa shape index (κ1) is 30.9. The van der Waals surface area contributed by atoms with Crippen molar-refractivity contribution in [3.63, 3.8) is 0 Å². The first-order valence-corrected chi connectivity index (χ1v) is 14.0. The largest absolute Gasteiger partial charge is 0.465 e. The van der Waals surface area contributed by atoms with Crippen LogP contribution < -0.4 is 0 Å². The Bertz CT molecular complexity index is 603. The van der Waals surface area contributed by atoms with E-state index in [-0.39, 0.29) is 25.0 Å². The summed E-state index contributed by atoms with van der Waals surface area (Å²) in [5.41, 5.74) is 0. The fourth-order valence-electron chi connectivity index (χ4n) is 3.83. The average Bonchev–Trinajstić information content (AvgIpc) is 2.73. The number of esters is 2. The van der Waals surface area contributed by atoms with Crippen molar-refractivity contribution in [2.24, 2.45) is 11.8 Å². The van der Waals surface area contributed by atoms with Gasteiger partial charge in [0.2, 0.25) is 0 Å². The standard InChI is InChI=1S/C24H46O7S/c1-5-9-11-15-20(13-7-3)18-30-23(25)17-22(32(27,28)29)24(26)31-19-21(14-8-4)16-12-10-6-2/h20-22H,5-19H2,1-4H3,(H,27,28,29). The average molecular weight is 479 g/mol. The highest BCUT2D eigenvalue weighted by atomic mass is 32.2. The molecule has 3 unspecified atom stereocenters. The van der Waals surface area contributed by atoms with Gasteiger partial charge in [-0.05, 0) is 37.5 Å². The Hall–Kier alpha value is -1.15. The third-order valence-corrected chi connectivity index (χ3v) is 6.82. The molecule has 0 saturated carbocycles. The molecule has 0 rings (SSSR count). The summed E-state index contributed by atoms with van der Waals surface area (Å²) in [7, 11) is -4.78. The van der Waals surface area contributed by atoms with Crippen molar-refractivity contribution in [2.45, 2.75) is 116 Å². The van der Waals surface area contributed by atoms with Crippen LogP contribution in [-0.4, -0.2) is 43.4 Å². The van der Waals surface area contributed by atoms with Crippen molar-refractivity contribution in [1.82, 2.24) is 0 Å². The smallest absolute Gasteiger partial charge is 0.327 e. The molecule has 0 saturated heterocycles. The molecule has 0 fully saturated rings. The van der Waals surface area contributed by atoms with Crippen LogP contribution in [0.25, 0.3) is 0 Å². The lowest BCUT2D eigenvalue weighted by Crippen LogP contribution is -2.35. The number of carbonyl (C=O) groups excluding carboxylic acids is 2. The molecule has 0 radical (unpaired) electrons. The van der Waals surface area contributed by atoms with Crippen molar-refractivity contribution in [3.05, 3.63) is 0 Å². The normalized spacial score (nSPS) is 14.5. The molecule has 7 nitrogen and oxygen atoms in total. The minimum atomic E-state index is -4.78. The van der Waals surface area contributed by atoms with E-state index in [1.54, 1.807) is 0 Å². The Morgan fingerprint density at radius 2 is 1.19 bits per heavy atom. The van der Waals surface area contributed by atoms with Crippen molar-refractivity contribution < 1.29 is 32.0 Å². The summed E-state index contributed by atoms with van der Waals surface area (Å²) in [6, 6.07) is 0. The molecule has 0 aromatic rings. The van der Waals surface area contributed by atoms with Gasteiger partial charge in [-0.15, -0.1) is 0 Å². The Kier molecular flexibility index (Phi) is 17.6. The van der Waals surface area contributed by atoms with Gasteiger partial charge in [0.05, 0.1) is 19.6 Å².